The number of halogens is 1. The Hall–Kier alpha value is -2.38. The zero-order valence-corrected chi connectivity index (χ0v) is 19.8. The van der Waals surface area contributed by atoms with E-state index in [2.05, 4.69) is 13.8 Å². The third kappa shape index (κ3) is 3.61. The number of benzene rings is 1. The summed E-state index contributed by atoms with van der Waals surface area (Å²) in [5.74, 6) is 0.808. The van der Waals surface area contributed by atoms with Gasteiger partial charge in [0.25, 0.3) is 5.56 Å². The number of aryl methyl sites for hydroxylation is 2. The summed E-state index contributed by atoms with van der Waals surface area (Å²) < 4.78 is 2.71. The SMILES string of the molecule is C[C@@H]1C[C@H](C)CN(C(=O)Cn2c(=O)n(-c3ccc(Cl)cc3)c(=O)c3c4c(sc32)CCC4)C1. The lowest BCUT2D eigenvalue weighted by atomic mass is 9.92. The van der Waals surface area contributed by atoms with E-state index in [-0.39, 0.29) is 18.0 Å². The highest BCUT2D eigenvalue weighted by Gasteiger charge is 2.29. The van der Waals surface area contributed by atoms with Crippen molar-refractivity contribution >= 4 is 39.1 Å². The van der Waals surface area contributed by atoms with E-state index in [0.717, 1.165) is 36.1 Å². The van der Waals surface area contributed by atoms with Gasteiger partial charge in [0.2, 0.25) is 5.91 Å². The minimum Gasteiger partial charge on any atom is -0.341 e. The molecule has 1 aromatic carbocycles. The molecule has 2 atom stereocenters. The first-order chi connectivity index (χ1) is 15.3. The number of piperidine rings is 1. The molecule has 0 spiro atoms. The fourth-order valence-corrected chi connectivity index (χ4v) is 6.76. The maximum Gasteiger partial charge on any atom is 0.337 e. The van der Waals surface area contributed by atoms with Gasteiger partial charge in [-0.25, -0.2) is 9.36 Å². The summed E-state index contributed by atoms with van der Waals surface area (Å²) in [6, 6.07) is 6.67. The first-order valence-electron chi connectivity index (χ1n) is 11.2. The van der Waals surface area contributed by atoms with Crippen LogP contribution in [-0.2, 0) is 24.2 Å². The van der Waals surface area contributed by atoms with Crippen LogP contribution in [0.5, 0.6) is 0 Å². The Bertz CT molecular complexity index is 1310. The molecule has 3 heterocycles. The van der Waals surface area contributed by atoms with Crippen molar-refractivity contribution in [1.29, 1.82) is 0 Å². The molecule has 2 aliphatic rings. The quantitative estimate of drug-likeness (QED) is 0.582. The molecule has 1 saturated heterocycles. The highest BCUT2D eigenvalue weighted by molar-refractivity contribution is 7.19. The number of hydrogen-bond donors (Lipinski definition) is 0. The molecular weight excluding hydrogens is 446 g/mol. The van der Waals surface area contributed by atoms with Gasteiger partial charge in [0.1, 0.15) is 11.4 Å². The average Bonchev–Trinajstić information content (AvgIpc) is 3.33. The Kier molecular flexibility index (Phi) is 5.50. The molecule has 5 rings (SSSR count). The van der Waals surface area contributed by atoms with Crippen molar-refractivity contribution in [2.24, 2.45) is 11.8 Å². The summed E-state index contributed by atoms with van der Waals surface area (Å²) in [6.45, 7) is 5.68. The Balaban J connectivity index is 1.66. The third-order valence-electron chi connectivity index (χ3n) is 6.59. The number of carbonyl (C=O) groups excluding carboxylic acids is 1. The highest BCUT2D eigenvalue weighted by Crippen LogP contribution is 2.35. The van der Waals surface area contributed by atoms with Crippen molar-refractivity contribution in [3.8, 4) is 5.69 Å². The number of thiophene rings is 1. The number of nitrogens with zero attached hydrogens (tertiary/aromatic N) is 3. The van der Waals surface area contributed by atoms with Gasteiger partial charge in [-0.2, -0.15) is 0 Å². The van der Waals surface area contributed by atoms with E-state index >= 15 is 0 Å². The molecule has 0 N–H and O–H groups in total. The van der Waals surface area contributed by atoms with E-state index in [1.54, 1.807) is 24.3 Å². The molecular formula is C24H26ClN3O3S. The largest absolute Gasteiger partial charge is 0.341 e. The van der Waals surface area contributed by atoms with Crippen molar-refractivity contribution < 1.29 is 4.79 Å². The summed E-state index contributed by atoms with van der Waals surface area (Å²) in [6.07, 6.45) is 3.86. The number of amides is 1. The lowest BCUT2D eigenvalue weighted by Crippen LogP contribution is -2.46. The molecule has 6 nitrogen and oxygen atoms in total. The highest BCUT2D eigenvalue weighted by atomic mass is 35.5. The van der Waals surface area contributed by atoms with Crippen molar-refractivity contribution in [1.82, 2.24) is 14.0 Å². The monoisotopic (exact) mass is 471 g/mol. The van der Waals surface area contributed by atoms with E-state index in [0.29, 0.717) is 45.9 Å². The van der Waals surface area contributed by atoms with Crippen LogP contribution in [-0.4, -0.2) is 33.0 Å². The van der Waals surface area contributed by atoms with Crippen molar-refractivity contribution in [2.75, 3.05) is 13.1 Å². The Morgan fingerprint density at radius 3 is 2.47 bits per heavy atom. The molecule has 1 amide bonds. The molecule has 2 aromatic heterocycles. The number of likely N-dealkylation sites (tertiary alicyclic amines) is 1. The molecule has 8 heteroatoms. The lowest BCUT2D eigenvalue weighted by Gasteiger charge is -2.35. The van der Waals surface area contributed by atoms with Gasteiger partial charge >= 0.3 is 5.69 Å². The maximum atomic E-state index is 13.6. The Morgan fingerprint density at radius 2 is 1.78 bits per heavy atom. The second kappa shape index (κ2) is 8.19. The van der Waals surface area contributed by atoms with Crippen LogP contribution in [0.4, 0.5) is 0 Å². The summed E-state index contributed by atoms with van der Waals surface area (Å²) in [4.78, 5) is 44.0. The average molecular weight is 472 g/mol. The molecule has 1 aliphatic carbocycles. The normalized spacial score (nSPS) is 20.7. The Morgan fingerprint density at radius 1 is 1.09 bits per heavy atom. The first-order valence-corrected chi connectivity index (χ1v) is 12.4. The number of aromatic nitrogens is 2. The smallest absolute Gasteiger partial charge is 0.337 e. The molecule has 3 aromatic rings. The van der Waals surface area contributed by atoms with Gasteiger partial charge in [0.15, 0.2) is 0 Å². The van der Waals surface area contributed by atoms with Crippen LogP contribution >= 0.6 is 22.9 Å². The number of fused-ring (bicyclic) bond motifs is 3. The van der Waals surface area contributed by atoms with Gasteiger partial charge in [0.05, 0.1) is 11.1 Å². The zero-order valence-electron chi connectivity index (χ0n) is 18.3. The minimum atomic E-state index is -0.476. The molecule has 1 fully saturated rings. The second-order valence-corrected chi connectivity index (χ2v) is 10.8. The third-order valence-corrected chi connectivity index (χ3v) is 8.15. The lowest BCUT2D eigenvalue weighted by molar-refractivity contribution is -0.134. The van der Waals surface area contributed by atoms with Crippen LogP contribution in [0.15, 0.2) is 33.9 Å². The fraction of sp³-hybridized carbons (Fsp3) is 0.458. The minimum absolute atomic E-state index is 0.0535. The molecule has 1 aliphatic heterocycles. The van der Waals surface area contributed by atoms with Crippen LogP contribution in [0, 0.1) is 11.8 Å². The molecule has 0 unspecified atom stereocenters. The van der Waals surface area contributed by atoms with Crippen LogP contribution in [0.2, 0.25) is 5.02 Å². The van der Waals surface area contributed by atoms with Crippen LogP contribution in [0.3, 0.4) is 0 Å². The van der Waals surface area contributed by atoms with E-state index in [9.17, 15) is 14.4 Å². The predicted molar refractivity (Wildman–Crippen MR) is 128 cm³/mol. The van der Waals surface area contributed by atoms with E-state index in [1.165, 1.54) is 20.5 Å². The number of hydrogen-bond acceptors (Lipinski definition) is 4. The summed E-state index contributed by atoms with van der Waals surface area (Å²) >= 11 is 7.52. The van der Waals surface area contributed by atoms with Crippen LogP contribution < -0.4 is 11.2 Å². The topological polar surface area (TPSA) is 64.3 Å². The van der Waals surface area contributed by atoms with E-state index in [1.807, 2.05) is 4.90 Å². The number of rotatable bonds is 3. The molecule has 0 bridgehead atoms. The van der Waals surface area contributed by atoms with Crippen LogP contribution in [0.25, 0.3) is 15.9 Å². The van der Waals surface area contributed by atoms with Crippen molar-refractivity contribution in [2.45, 2.75) is 46.1 Å². The molecule has 168 valence electrons. The zero-order chi connectivity index (χ0) is 22.6. The van der Waals surface area contributed by atoms with Gasteiger partial charge in [-0.1, -0.05) is 25.4 Å². The van der Waals surface area contributed by atoms with Crippen molar-refractivity contribution in [3.05, 3.63) is 60.6 Å². The molecule has 32 heavy (non-hydrogen) atoms. The van der Waals surface area contributed by atoms with Gasteiger partial charge in [-0.3, -0.25) is 14.2 Å². The molecule has 0 saturated carbocycles. The van der Waals surface area contributed by atoms with Gasteiger partial charge < -0.3 is 4.90 Å². The number of carbonyl (C=O) groups is 1. The summed E-state index contributed by atoms with van der Waals surface area (Å²) in [7, 11) is 0. The van der Waals surface area contributed by atoms with Crippen molar-refractivity contribution in [3.63, 3.8) is 0 Å². The van der Waals surface area contributed by atoms with Gasteiger partial charge in [-0.05, 0) is 67.3 Å². The Labute approximate surface area is 195 Å². The fourth-order valence-electron chi connectivity index (χ4n) is 5.27. The summed E-state index contributed by atoms with van der Waals surface area (Å²) in [5.41, 5.74) is 0.719. The standard InChI is InChI=1S/C24H26ClN3O3S/c1-14-10-15(2)12-26(11-14)20(29)13-27-23-21(18-4-3-5-19(18)32-23)22(30)28(24(27)31)17-8-6-16(25)7-9-17/h6-9,14-15H,3-5,10-13H2,1-2H3/t14-,15+. The van der Waals surface area contributed by atoms with Crippen LogP contribution in [0.1, 0.15) is 37.1 Å². The maximum absolute atomic E-state index is 13.6. The molecule has 0 radical (unpaired) electrons. The van der Waals surface area contributed by atoms with Gasteiger partial charge in [-0.15, -0.1) is 11.3 Å². The van der Waals surface area contributed by atoms with E-state index in [4.69, 9.17) is 11.6 Å². The summed E-state index contributed by atoms with van der Waals surface area (Å²) in [5, 5.41) is 1.12. The second-order valence-electron chi connectivity index (χ2n) is 9.27. The predicted octanol–water partition coefficient (Wildman–Crippen LogP) is 3.86. The van der Waals surface area contributed by atoms with E-state index < -0.39 is 5.69 Å². The first kappa shape index (κ1) is 21.5. The van der Waals surface area contributed by atoms with Gasteiger partial charge in [0, 0.05) is 23.0 Å².